The van der Waals surface area contributed by atoms with E-state index in [1.807, 2.05) is 0 Å². The second kappa shape index (κ2) is 5.38. The van der Waals surface area contributed by atoms with Gasteiger partial charge in [0, 0.05) is 11.4 Å². The minimum Gasteiger partial charge on any atom is -0.247 e. The molecular weight excluding hydrogens is 298 g/mol. The van der Waals surface area contributed by atoms with Crippen molar-refractivity contribution in [3.63, 3.8) is 0 Å². The highest BCUT2D eigenvalue weighted by Gasteiger charge is 2.19. The summed E-state index contributed by atoms with van der Waals surface area (Å²) in [7, 11) is -3.81. The van der Waals surface area contributed by atoms with Gasteiger partial charge in [0.2, 0.25) is 5.95 Å². The number of nitrogens with one attached hydrogen (secondary N) is 1. The molecule has 1 aromatic carbocycles. The first kappa shape index (κ1) is 14.7. The first-order valence-corrected chi connectivity index (χ1v) is 7.75. The molecular formula is C13H14ClN3O2S. The molecule has 20 heavy (non-hydrogen) atoms. The van der Waals surface area contributed by atoms with E-state index in [0.717, 1.165) is 5.56 Å². The van der Waals surface area contributed by atoms with Crippen LogP contribution in [0.3, 0.4) is 0 Å². The third-order valence-corrected chi connectivity index (χ3v) is 4.39. The molecule has 7 heteroatoms. The van der Waals surface area contributed by atoms with Gasteiger partial charge in [-0.1, -0.05) is 17.7 Å². The largest absolute Gasteiger partial charge is 0.265 e. The highest BCUT2D eigenvalue weighted by molar-refractivity contribution is 7.92. The summed E-state index contributed by atoms with van der Waals surface area (Å²) in [6, 6.07) is 6.56. The number of anilines is 1. The van der Waals surface area contributed by atoms with Crippen LogP contribution in [0, 0.1) is 20.8 Å². The monoisotopic (exact) mass is 311 g/mol. The molecule has 0 bridgehead atoms. The van der Waals surface area contributed by atoms with E-state index in [-0.39, 0.29) is 15.9 Å². The maximum absolute atomic E-state index is 12.3. The zero-order chi connectivity index (χ0) is 14.9. The Hall–Kier alpha value is -1.66. The quantitative estimate of drug-likeness (QED) is 0.946. The van der Waals surface area contributed by atoms with Gasteiger partial charge in [0.25, 0.3) is 10.0 Å². The van der Waals surface area contributed by atoms with E-state index in [1.165, 1.54) is 6.07 Å². The van der Waals surface area contributed by atoms with Gasteiger partial charge in [-0.15, -0.1) is 0 Å². The van der Waals surface area contributed by atoms with Gasteiger partial charge in [-0.25, -0.2) is 23.1 Å². The van der Waals surface area contributed by atoms with Gasteiger partial charge in [0.1, 0.15) is 4.90 Å². The molecule has 1 aromatic heterocycles. The number of sulfonamides is 1. The Kier molecular flexibility index (Phi) is 3.96. The maximum atomic E-state index is 12.3. The lowest BCUT2D eigenvalue weighted by Crippen LogP contribution is -2.16. The molecule has 0 aliphatic carbocycles. The Morgan fingerprint density at radius 1 is 1.05 bits per heavy atom. The SMILES string of the molecule is Cc1ccc(Cl)c(S(=O)(=O)Nc2nc(C)cc(C)n2)c1. The standard InChI is InChI=1S/C13H14ClN3O2S/c1-8-4-5-11(14)12(6-8)20(18,19)17-13-15-9(2)7-10(3)16-13/h4-7H,1-3H3,(H,15,16,17). The third-order valence-electron chi connectivity index (χ3n) is 2.58. The molecule has 0 saturated heterocycles. The van der Waals surface area contributed by atoms with Crippen LogP contribution in [0.5, 0.6) is 0 Å². The van der Waals surface area contributed by atoms with Crippen LogP contribution in [0.2, 0.25) is 5.02 Å². The Bertz CT molecular complexity index is 740. The number of nitrogens with zero attached hydrogens (tertiary/aromatic N) is 2. The highest BCUT2D eigenvalue weighted by Crippen LogP contribution is 2.24. The lowest BCUT2D eigenvalue weighted by molar-refractivity contribution is 0.600. The number of hydrogen-bond donors (Lipinski definition) is 1. The molecule has 0 aliphatic heterocycles. The van der Waals surface area contributed by atoms with Crippen molar-refractivity contribution in [3.05, 3.63) is 46.2 Å². The molecule has 2 rings (SSSR count). The van der Waals surface area contributed by atoms with E-state index in [4.69, 9.17) is 11.6 Å². The predicted octanol–water partition coefficient (Wildman–Crippen LogP) is 2.86. The number of benzene rings is 1. The van der Waals surface area contributed by atoms with Crippen LogP contribution in [0.15, 0.2) is 29.2 Å². The number of hydrogen-bond acceptors (Lipinski definition) is 4. The van der Waals surface area contributed by atoms with Gasteiger partial charge in [0.15, 0.2) is 0 Å². The fourth-order valence-corrected chi connectivity index (χ4v) is 3.29. The zero-order valence-corrected chi connectivity index (χ0v) is 12.9. The van der Waals surface area contributed by atoms with Crippen LogP contribution in [0.4, 0.5) is 5.95 Å². The Morgan fingerprint density at radius 3 is 2.25 bits per heavy atom. The number of aromatic nitrogens is 2. The predicted molar refractivity (Wildman–Crippen MR) is 78.5 cm³/mol. The van der Waals surface area contributed by atoms with Crippen molar-refractivity contribution in [2.45, 2.75) is 25.7 Å². The normalized spacial score (nSPS) is 11.4. The molecule has 1 heterocycles. The average Bonchev–Trinajstić information content (AvgIpc) is 2.30. The summed E-state index contributed by atoms with van der Waals surface area (Å²) in [4.78, 5) is 8.12. The summed E-state index contributed by atoms with van der Waals surface area (Å²) >= 11 is 5.95. The van der Waals surface area contributed by atoms with Gasteiger partial charge in [0.05, 0.1) is 5.02 Å². The molecule has 0 atom stereocenters. The van der Waals surface area contributed by atoms with Crippen molar-refractivity contribution in [1.82, 2.24) is 9.97 Å². The van der Waals surface area contributed by atoms with E-state index < -0.39 is 10.0 Å². The Morgan fingerprint density at radius 2 is 1.65 bits per heavy atom. The topological polar surface area (TPSA) is 72.0 Å². The molecule has 5 nitrogen and oxygen atoms in total. The van der Waals surface area contributed by atoms with Gasteiger partial charge in [-0.05, 0) is 44.5 Å². The number of halogens is 1. The number of rotatable bonds is 3. The minimum absolute atomic E-state index is 0.0157. The first-order valence-electron chi connectivity index (χ1n) is 5.89. The van der Waals surface area contributed by atoms with Crippen molar-refractivity contribution >= 4 is 27.6 Å². The lowest BCUT2D eigenvalue weighted by Gasteiger charge is -2.09. The van der Waals surface area contributed by atoms with Crippen LogP contribution in [0.25, 0.3) is 0 Å². The van der Waals surface area contributed by atoms with Crippen LogP contribution in [-0.4, -0.2) is 18.4 Å². The fraction of sp³-hybridized carbons (Fsp3) is 0.231. The van der Waals surface area contributed by atoms with Gasteiger partial charge in [-0.3, -0.25) is 0 Å². The molecule has 1 N–H and O–H groups in total. The second-order valence-electron chi connectivity index (χ2n) is 4.51. The second-order valence-corrected chi connectivity index (χ2v) is 6.57. The summed E-state index contributed by atoms with van der Waals surface area (Å²) in [6.45, 7) is 5.33. The van der Waals surface area contributed by atoms with Crippen molar-refractivity contribution in [1.29, 1.82) is 0 Å². The number of aryl methyl sites for hydroxylation is 3. The first-order chi connectivity index (χ1) is 9.28. The summed E-state index contributed by atoms with van der Waals surface area (Å²) in [5, 5.41) is 0.160. The van der Waals surface area contributed by atoms with Crippen LogP contribution in [0.1, 0.15) is 17.0 Å². The van der Waals surface area contributed by atoms with Gasteiger partial charge < -0.3 is 0 Å². The summed E-state index contributed by atoms with van der Waals surface area (Å²) < 4.78 is 27.0. The van der Waals surface area contributed by atoms with Crippen LogP contribution >= 0.6 is 11.6 Å². The van der Waals surface area contributed by atoms with E-state index in [2.05, 4.69) is 14.7 Å². The minimum atomic E-state index is -3.81. The van der Waals surface area contributed by atoms with Crippen LogP contribution in [-0.2, 0) is 10.0 Å². The maximum Gasteiger partial charge on any atom is 0.265 e. The summed E-state index contributed by atoms with van der Waals surface area (Å²) in [5.74, 6) is 0.0417. The van der Waals surface area contributed by atoms with E-state index in [1.54, 1.807) is 39.0 Å². The van der Waals surface area contributed by atoms with Crippen molar-refractivity contribution in [3.8, 4) is 0 Å². The molecule has 106 valence electrons. The van der Waals surface area contributed by atoms with Crippen LogP contribution < -0.4 is 4.72 Å². The molecule has 0 amide bonds. The fourth-order valence-electron chi connectivity index (χ4n) is 1.76. The van der Waals surface area contributed by atoms with E-state index in [0.29, 0.717) is 11.4 Å². The average molecular weight is 312 g/mol. The molecule has 0 unspecified atom stereocenters. The van der Waals surface area contributed by atoms with Gasteiger partial charge in [-0.2, -0.15) is 0 Å². The van der Waals surface area contributed by atoms with Crippen molar-refractivity contribution < 1.29 is 8.42 Å². The summed E-state index contributed by atoms with van der Waals surface area (Å²) in [5.41, 5.74) is 2.17. The Labute approximate surface area is 123 Å². The Balaban J connectivity index is 2.43. The molecule has 0 saturated carbocycles. The van der Waals surface area contributed by atoms with Crippen molar-refractivity contribution in [2.75, 3.05) is 4.72 Å². The molecule has 0 fully saturated rings. The van der Waals surface area contributed by atoms with E-state index >= 15 is 0 Å². The molecule has 0 radical (unpaired) electrons. The molecule has 0 aliphatic rings. The smallest absolute Gasteiger partial charge is 0.247 e. The van der Waals surface area contributed by atoms with Gasteiger partial charge >= 0.3 is 0 Å². The van der Waals surface area contributed by atoms with E-state index in [9.17, 15) is 8.42 Å². The molecule has 2 aromatic rings. The highest BCUT2D eigenvalue weighted by atomic mass is 35.5. The lowest BCUT2D eigenvalue weighted by atomic mass is 10.2. The zero-order valence-electron chi connectivity index (χ0n) is 11.3. The van der Waals surface area contributed by atoms with Crippen molar-refractivity contribution in [2.24, 2.45) is 0 Å². The summed E-state index contributed by atoms with van der Waals surface area (Å²) in [6.07, 6.45) is 0. The molecule has 0 spiro atoms. The third kappa shape index (κ3) is 3.26.